The van der Waals surface area contributed by atoms with E-state index in [1.165, 1.54) is 37.1 Å². The molecule has 0 saturated carbocycles. The number of nitrogens with zero attached hydrogens (tertiary/aromatic N) is 5. The van der Waals surface area contributed by atoms with E-state index in [-0.39, 0.29) is 0 Å². The molecule has 1 aliphatic rings. The van der Waals surface area contributed by atoms with Crippen LogP contribution in [0.1, 0.15) is 29.7 Å². The normalized spacial score (nSPS) is 15.1. The Labute approximate surface area is 131 Å². The first-order valence-corrected chi connectivity index (χ1v) is 7.82. The smallest absolute Gasteiger partial charge is 0.190 e. The number of hydrogen-bond acceptors (Lipinski definition) is 4. The van der Waals surface area contributed by atoms with Gasteiger partial charge in [-0.15, -0.1) is 5.10 Å². The number of benzene rings is 1. The Balaban J connectivity index is 1.89. The summed E-state index contributed by atoms with van der Waals surface area (Å²) >= 11 is 0. The van der Waals surface area contributed by atoms with Gasteiger partial charge in [0.25, 0.3) is 0 Å². The molecule has 5 heteroatoms. The molecule has 3 rings (SSSR count). The predicted molar refractivity (Wildman–Crippen MR) is 85.3 cm³/mol. The predicted octanol–water partition coefficient (Wildman–Crippen LogP) is 2.53. The molecule has 0 bridgehead atoms. The fourth-order valence-electron chi connectivity index (χ4n) is 2.96. The summed E-state index contributed by atoms with van der Waals surface area (Å²) in [5.41, 5.74) is 4.73. The van der Waals surface area contributed by atoms with Gasteiger partial charge in [0.2, 0.25) is 0 Å². The van der Waals surface area contributed by atoms with Gasteiger partial charge in [0.15, 0.2) is 5.69 Å². The first-order valence-electron chi connectivity index (χ1n) is 7.82. The minimum Gasteiger partial charge on any atom is -0.301 e. The largest absolute Gasteiger partial charge is 0.301 e. The molecule has 2 heterocycles. The molecular formula is C17H21N5. The van der Waals surface area contributed by atoms with Gasteiger partial charge < -0.3 is 4.90 Å². The molecule has 0 atom stereocenters. The Bertz CT molecular complexity index is 704. The lowest BCUT2D eigenvalue weighted by molar-refractivity contribution is 0.315. The minimum atomic E-state index is 0.407. The maximum absolute atomic E-state index is 9.32. The van der Waals surface area contributed by atoms with Crippen LogP contribution >= 0.6 is 0 Å². The highest BCUT2D eigenvalue weighted by Gasteiger charge is 2.17. The van der Waals surface area contributed by atoms with Crippen molar-refractivity contribution in [3.63, 3.8) is 0 Å². The molecule has 22 heavy (non-hydrogen) atoms. The molecule has 0 N–H and O–H groups in total. The lowest BCUT2D eigenvalue weighted by atomic mass is 10.0. The fourth-order valence-corrected chi connectivity index (χ4v) is 2.96. The quantitative estimate of drug-likeness (QED) is 0.869. The Hall–Kier alpha value is -2.19. The zero-order valence-corrected chi connectivity index (χ0v) is 13.2. The topological polar surface area (TPSA) is 57.7 Å². The van der Waals surface area contributed by atoms with Gasteiger partial charge in [-0.1, -0.05) is 17.3 Å². The second-order valence-electron chi connectivity index (χ2n) is 5.97. The summed E-state index contributed by atoms with van der Waals surface area (Å²) in [5, 5.41) is 17.6. The molecule has 1 aromatic carbocycles. The average molecular weight is 295 g/mol. The van der Waals surface area contributed by atoms with Crippen LogP contribution in [0.3, 0.4) is 0 Å². The van der Waals surface area contributed by atoms with Crippen LogP contribution in [0.2, 0.25) is 0 Å². The Kier molecular flexibility index (Phi) is 4.21. The number of rotatable bonds is 4. The van der Waals surface area contributed by atoms with Crippen molar-refractivity contribution in [2.24, 2.45) is 0 Å². The number of hydrogen-bond donors (Lipinski definition) is 0. The molecule has 114 valence electrons. The number of aryl methyl sites for hydroxylation is 2. The van der Waals surface area contributed by atoms with Crippen molar-refractivity contribution < 1.29 is 0 Å². The fraction of sp³-hybridized carbons (Fsp3) is 0.471. The summed E-state index contributed by atoms with van der Waals surface area (Å²) in [4.78, 5) is 2.44. The standard InChI is InChI=1S/C17H21N5/c1-13-5-6-15(11-14(13)2)17-16(12-18)19-20-22(17)10-9-21-7-3-4-8-21/h5-6,11H,3-4,7-10H2,1-2H3. The van der Waals surface area contributed by atoms with Crippen molar-refractivity contribution in [3.05, 3.63) is 35.0 Å². The SMILES string of the molecule is Cc1ccc(-c2c(C#N)nnn2CCN2CCCC2)cc1C. The highest BCUT2D eigenvalue weighted by Crippen LogP contribution is 2.24. The van der Waals surface area contributed by atoms with Gasteiger partial charge in [-0.25, -0.2) is 4.68 Å². The van der Waals surface area contributed by atoms with Crippen LogP contribution in [0, 0.1) is 25.2 Å². The molecule has 1 saturated heterocycles. The van der Waals surface area contributed by atoms with E-state index < -0.39 is 0 Å². The lowest BCUT2D eigenvalue weighted by Crippen LogP contribution is -2.24. The third-order valence-corrected chi connectivity index (χ3v) is 4.45. The Morgan fingerprint density at radius 1 is 1.14 bits per heavy atom. The second-order valence-corrected chi connectivity index (χ2v) is 5.97. The van der Waals surface area contributed by atoms with E-state index in [0.717, 1.165) is 24.3 Å². The summed E-state index contributed by atoms with van der Waals surface area (Å²) in [6.45, 7) is 8.25. The van der Waals surface area contributed by atoms with Crippen molar-refractivity contribution in [1.29, 1.82) is 5.26 Å². The number of aromatic nitrogens is 3. The molecule has 1 aliphatic heterocycles. The minimum absolute atomic E-state index is 0.407. The molecule has 0 unspecified atom stereocenters. The van der Waals surface area contributed by atoms with Crippen molar-refractivity contribution in [3.8, 4) is 17.3 Å². The summed E-state index contributed by atoms with van der Waals surface area (Å²) in [6.07, 6.45) is 2.57. The van der Waals surface area contributed by atoms with Crippen molar-refractivity contribution >= 4 is 0 Å². The van der Waals surface area contributed by atoms with E-state index in [9.17, 15) is 5.26 Å². The molecule has 0 radical (unpaired) electrons. The third-order valence-electron chi connectivity index (χ3n) is 4.45. The van der Waals surface area contributed by atoms with Gasteiger partial charge in [0.1, 0.15) is 11.8 Å². The van der Waals surface area contributed by atoms with Crippen molar-refractivity contribution in [2.45, 2.75) is 33.2 Å². The van der Waals surface area contributed by atoms with Crippen LogP contribution in [0.15, 0.2) is 18.2 Å². The van der Waals surface area contributed by atoms with Gasteiger partial charge in [-0.2, -0.15) is 5.26 Å². The van der Waals surface area contributed by atoms with Crippen LogP contribution in [-0.4, -0.2) is 39.5 Å². The number of nitriles is 1. The Morgan fingerprint density at radius 2 is 1.91 bits per heavy atom. The van der Waals surface area contributed by atoms with E-state index >= 15 is 0 Å². The zero-order chi connectivity index (χ0) is 15.5. The van der Waals surface area contributed by atoms with Crippen LogP contribution in [0.5, 0.6) is 0 Å². The van der Waals surface area contributed by atoms with Gasteiger partial charge in [-0.05, 0) is 57.0 Å². The summed E-state index contributed by atoms with van der Waals surface area (Å²) in [7, 11) is 0. The number of likely N-dealkylation sites (tertiary alicyclic amines) is 1. The van der Waals surface area contributed by atoms with Crippen LogP contribution in [0.25, 0.3) is 11.3 Å². The molecule has 1 aromatic heterocycles. The third kappa shape index (κ3) is 2.88. The summed E-state index contributed by atoms with van der Waals surface area (Å²) in [5.74, 6) is 0. The maximum atomic E-state index is 9.32. The first-order chi connectivity index (χ1) is 10.7. The highest BCUT2D eigenvalue weighted by atomic mass is 15.4. The van der Waals surface area contributed by atoms with Gasteiger partial charge >= 0.3 is 0 Å². The van der Waals surface area contributed by atoms with Crippen LogP contribution < -0.4 is 0 Å². The van der Waals surface area contributed by atoms with Gasteiger partial charge in [-0.3, -0.25) is 0 Å². The molecule has 0 amide bonds. The zero-order valence-electron chi connectivity index (χ0n) is 13.2. The maximum Gasteiger partial charge on any atom is 0.190 e. The van der Waals surface area contributed by atoms with Crippen molar-refractivity contribution in [2.75, 3.05) is 19.6 Å². The monoisotopic (exact) mass is 295 g/mol. The van der Waals surface area contributed by atoms with Crippen molar-refractivity contribution in [1.82, 2.24) is 19.9 Å². The molecule has 0 spiro atoms. The van der Waals surface area contributed by atoms with Crippen LogP contribution in [-0.2, 0) is 6.54 Å². The van der Waals surface area contributed by atoms with E-state index in [2.05, 4.69) is 47.3 Å². The lowest BCUT2D eigenvalue weighted by Gasteiger charge is -2.15. The second kappa shape index (κ2) is 6.29. The van der Waals surface area contributed by atoms with E-state index in [4.69, 9.17) is 0 Å². The van der Waals surface area contributed by atoms with Gasteiger partial charge in [0, 0.05) is 12.1 Å². The molecular weight excluding hydrogens is 274 g/mol. The summed E-state index contributed by atoms with van der Waals surface area (Å²) < 4.78 is 1.88. The van der Waals surface area contributed by atoms with E-state index in [1.54, 1.807) is 0 Å². The van der Waals surface area contributed by atoms with E-state index in [0.29, 0.717) is 5.69 Å². The molecule has 2 aromatic rings. The van der Waals surface area contributed by atoms with E-state index in [1.807, 2.05) is 10.7 Å². The summed E-state index contributed by atoms with van der Waals surface area (Å²) in [6, 6.07) is 8.42. The molecule has 1 fully saturated rings. The highest BCUT2D eigenvalue weighted by molar-refractivity contribution is 5.66. The molecule has 5 nitrogen and oxygen atoms in total. The van der Waals surface area contributed by atoms with Crippen LogP contribution in [0.4, 0.5) is 0 Å². The molecule has 0 aliphatic carbocycles. The Morgan fingerprint density at radius 3 is 2.59 bits per heavy atom. The first kappa shape index (κ1) is 14.7. The average Bonchev–Trinajstić information content (AvgIpc) is 3.16. The van der Waals surface area contributed by atoms with Gasteiger partial charge in [0.05, 0.1) is 6.54 Å².